The number of hydroxylamine groups is 1. The van der Waals surface area contributed by atoms with E-state index in [1.54, 1.807) is 5.48 Å². The zero-order chi connectivity index (χ0) is 17.2. The van der Waals surface area contributed by atoms with Gasteiger partial charge in [0.15, 0.2) is 0 Å². The number of fused-ring (bicyclic) bond motifs is 1. The van der Waals surface area contributed by atoms with Crippen LogP contribution in [-0.4, -0.2) is 22.0 Å². The third-order valence-corrected chi connectivity index (χ3v) is 3.81. The quantitative estimate of drug-likeness (QED) is 0.375. The number of nitrogens with one attached hydrogen (secondary N) is 2. The Labute approximate surface area is 141 Å². The Kier molecular flexibility index (Phi) is 7.17. The van der Waals surface area contributed by atoms with Gasteiger partial charge in [0.2, 0.25) is 11.8 Å². The van der Waals surface area contributed by atoms with Gasteiger partial charge in [0.25, 0.3) is 0 Å². The molecule has 3 N–H and O–H groups in total. The Balaban J connectivity index is 1.63. The second-order valence-electron chi connectivity index (χ2n) is 5.72. The summed E-state index contributed by atoms with van der Waals surface area (Å²) in [6, 6.07) is 11.8. The molecule has 1 aromatic heterocycles. The van der Waals surface area contributed by atoms with E-state index in [-0.39, 0.29) is 11.8 Å². The summed E-state index contributed by atoms with van der Waals surface area (Å²) in [5, 5.41) is 12.3. The number of pyridine rings is 1. The van der Waals surface area contributed by atoms with Crippen LogP contribution in [0.25, 0.3) is 10.9 Å². The summed E-state index contributed by atoms with van der Waals surface area (Å²) in [4.78, 5) is 27.2. The number of aromatic nitrogens is 1. The van der Waals surface area contributed by atoms with Crippen LogP contribution < -0.4 is 10.8 Å². The summed E-state index contributed by atoms with van der Waals surface area (Å²) in [5.41, 5.74) is 3.38. The van der Waals surface area contributed by atoms with E-state index < -0.39 is 0 Å². The number of hydrogen-bond donors (Lipinski definition) is 3. The number of unbranched alkanes of at least 4 members (excludes halogenated alkanes) is 3. The normalized spacial score (nSPS) is 10.5. The van der Waals surface area contributed by atoms with Gasteiger partial charge in [-0.15, -0.1) is 0 Å². The molecule has 0 saturated heterocycles. The lowest BCUT2D eigenvalue weighted by Crippen LogP contribution is -2.22. The van der Waals surface area contributed by atoms with Crippen molar-refractivity contribution in [1.29, 1.82) is 0 Å². The van der Waals surface area contributed by atoms with Gasteiger partial charge in [-0.3, -0.25) is 19.8 Å². The van der Waals surface area contributed by atoms with Crippen molar-refractivity contribution in [3.05, 3.63) is 42.1 Å². The van der Waals surface area contributed by atoms with Gasteiger partial charge in [0.1, 0.15) is 0 Å². The van der Waals surface area contributed by atoms with Gasteiger partial charge in [0.05, 0.1) is 17.8 Å². The molecule has 2 rings (SSSR count). The average Bonchev–Trinajstić information content (AvgIpc) is 2.62. The second kappa shape index (κ2) is 9.62. The Hall–Kier alpha value is -2.47. The topological polar surface area (TPSA) is 91.3 Å². The zero-order valence-electron chi connectivity index (χ0n) is 13.6. The molecule has 0 atom stereocenters. The molecule has 6 nitrogen and oxygen atoms in total. The summed E-state index contributed by atoms with van der Waals surface area (Å²) in [6.45, 7) is 0.431. The van der Waals surface area contributed by atoms with E-state index in [1.807, 2.05) is 36.4 Å². The summed E-state index contributed by atoms with van der Waals surface area (Å²) in [6.07, 6.45) is 4.05. The minimum absolute atomic E-state index is 0.0121. The maximum Gasteiger partial charge on any atom is 0.243 e. The molecule has 0 spiro atoms. The van der Waals surface area contributed by atoms with Crippen molar-refractivity contribution in [3.8, 4) is 0 Å². The van der Waals surface area contributed by atoms with E-state index in [1.165, 1.54) is 0 Å². The van der Waals surface area contributed by atoms with Gasteiger partial charge in [0, 0.05) is 18.2 Å². The molecular formula is C18H23N3O3. The second-order valence-corrected chi connectivity index (χ2v) is 5.72. The molecule has 128 valence electrons. The summed E-state index contributed by atoms with van der Waals surface area (Å²) >= 11 is 0. The molecule has 1 aromatic carbocycles. The predicted molar refractivity (Wildman–Crippen MR) is 91.2 cm³/mol. The molecule has 1 heterocycles. The number of carbonyl (C=O) groups excluding carboxylic acids is 2. The molecule has 24 heavy (non-hydrogen) atoms. The fourth-order valence-electron chi connectivity index (χ4n) is 2.46. The Morgan fingerprint density at radius 1 is 0.917 bits per heavy atom. The lowest BCUT2D eigenvalue weighted by atomic mass is 10.1. The van der Waals surface area contributed by atoms with Crippen LogP contribution in [-0.2, 0) is 16.1 Å². The number of amides is 2. The van der Waals surface area contributed by atoms with E-state index in [0.717, 1.165) is 42.3 Å². The molecule has 0 unspecified atom stereocenters. The first-order valence-electron chi connectivity index (χ1n) is 8.23. The van der Waals surface area contributed by atoms with E-state index in [4.69, 9.17) is 5.21 Å². The lowest BCUT2D eigenvalue weighted by molar-refractivity contribution is -0.129. The standard InChI is InChI=1S/C18H23N3O3/c22-17(9-3-1-2-4-10-18(23)21-24)19-13-15-12-11-14-7-5-6-8-16(14)20-15/h5-8,11-12,24H,1-4,9-10,13H2,(H,19,22)(H,21,23). The highest BCUT2D eigenvalue weighted by Crippen LogP contribution is 2.11. The van der Waals surface area contributed by atoms with Gasteiger partial charge in [-0.1, -0.05) is 37.1 Å². The van der Waals surface area contributed by atoms with Crippen LogP contribution in [0, 0.1) is 0 Å². The van der Waals surface area contributed by atoms with Crippen molar-refractivity contribution in [2.45, 2.75) is 45.1 Å². The Morgan fingerprint density at radius 3 is 2.38 bits per heavy atom. The maximum absolute atomic E-state index is 11.8. The van der Waals surface area contributed by atoms with Crippen LogP contribution in [0.15, 0.2) is 36.4 Å². The van der Waals surface area contributed by atoms with Crippen LogP contribution >= 0.6 is 0 Å². The molecule has 0 bridgehead atoms. The first kappa shape index (κ1) is 17.9. The first-order chi connectivity index (χ1) is 11.7. The number of carbonyl (C=O) groups is 2. The maximum atomic E-state index is 11.8. The zero-order valence-corrected chi connectivity index (χ0v) is 13.6. The molecule has 0 aliphatic carbocycles. The highest BCUT2D eigenvalue weighted by atomic mass is 16.5. The Bertz CT molecular complexity index is 688. The largest absolute Gasteiger partial charge is 0.350 e. The minimum Gasteiger partial charge on any atom is -0.350 e. The molecule has 0 aliphatic heterocycles. The lowest BCUT2D eigenvalue weighted by Gasteiger charge is -2.06. The van der Waals surface area contributed by atoms with Crippen LogP contribution in [0.1, 0.15) is 44.2 Å². The van der Waals surface area contributed by atoms with E-state index in [9.17, 15) is 9.59 Å². The number of para-hydroxylation sites is 1. The SMILES string of the molecule is O=C(CCCCCCC(=O)NCc1ccc2ccccc2n1)NO. The third kappa shape index (κ3) is 5.96. The van der Waals surface area contributed by atoms with Crippen molar-refractivity contribution in [1.82, 2.24) is 15.8 Å². The number of benzene rings is 1. The van der Waals surface area contributed by atoms with Crippen molar-refractivity contribution < 1.29 is 14.8 Å². The first-order valence-corrected chi connectivity index (χ1v) is 8.23. The Morgan fingerprint density at radius 2 is 1.62 bits per heavy atom. The fraction of sp³-hybridized carbons (Fsp3) is 0.389. The fourth-order valence-corrected chi connectivity index (χ4v) is 2.46. The van der Waals surface area contributed by atoms with Gasteiger partial charge >= 0.3 is 0 Å². The van der Waals surface area contributed by atoms with Crippen molar-refractivity contribution in [2.75, 3.05) is 0 Å². The highest BCUT2D eigenvalue weighted by Gasteiger charge is 2.04. The van der Waals surface area contributed by atoms with Gasteiger partial charge in [-0.05, 0) is 25.0 Å². The third-order valence-electron chi connectivity index (χ3n) is 3.81. The minimum atomic E-state index is -0.365. The summed E-state index contributed by atoms with van der Waals surface area (Å²) < 4.78 is 0. The summed E-state index contributed by atoms with van der Waals surface area (Å²) in [5.74, 6) is -0.353. The van der Waals surface area contributed by atoms with E-state index in [2.05, 4.69) is 10.3 Å². The van der Waals surface area contributed by atoms with Crippen LogP contribution in [0.4, 0.5) is 0 Å². The highest BCUT2D eigenvalue weighted by molar-refractivity contribution is 5.79. The number of rotatable bonds is 9. The van der Waals surface area contributed by atoms with E-state index >= 15 is 0 Å². The van der Waals surface area contributed by atoms with Gasteiger partial charge in [-0.2, -0.15) is 0 Å². The predicted octanol–water partition coefficient (Wildman–Crippen LogP) is 2.70. The average molecular weight is 329 g/mol. The van der Waals surface area contributed by atoms with Gasteiger partial charge in [-0.25, -0.2) is 5.48 Å². The van der Waals surface area contributed by atoms with E-state index in [0.29, 0.717) is 19.4 Å². The molecule has 6 heteroatoms. The molecule has 0 fully saturated rings. The molecular weight excluding hydrogens is 306 g/mol. The summed E-state index contributed by atoms with van der Waals surface area (Å²) in [7, 11) is 0. The van der Waals surface area contributed by atoms with Crippen LogP contribution in [0.3, 0.4) is 0 Å². The van der Waals surface area contributed by atoms with Crippen molar-refractivity contribution in [3.63, 3.8) is 0 Å². The van der Waals surface area contributed by atoms with Crippen molar-refractivity contribution in [2.24, 2.45) is 0 Å². The number of nitrogens with zero attached hydrogens (tertiary/aromatic N) is 1. The van der Waals surface area contributed by atoms with Gasteiger partial charge < -0.3 is 5.32 Å². The monoisotopic (exact) mass is 329 g/mol. The number of hydrogen-bond acceptors (Lipinski definition) is 4. The van der Waals surface area contributed by atoms with Crippen LogP contribution in [0.5, 0.6) is 0 Å². The molecule has 2 amide bonds. The molecule has 0 saturated carbocycles. The smallest absolute Gasteiger partial charge is 0.243 e. The molecule has 0 aliphatic rings. The van der Waals surface area contributed by atoms with Crippen LogP contribution in [0.2, 0.25) is 0 Å². The van der Waals surface area contributed by atoms with Crippen molar-refractivity contribution >= 4 is 22.7 Å². The molecule has 0 radical (unpaired) electrons. The molecule has 2 aromatic rings.